The van der Waals surface area contributed by atoms with Crippen LogP contribution in [0.3, 0.4) is 0 Å². The van der Waals surface area contributed by atoms with E-state index in [1.54, 1.807) is 0 Å². The predicted molar refractivity (Wildman–Crippen MR) is 34.2 cm³/mol. The van der Waals surface area contributed by atoms with E-state index in [0.717, 1.165) is 26.2 Å². The number of hydrogen-bond acceptors (Lipinski definition) is 3. The minimum absolute atomic E-state index is 0.910. The molecule has 0 saturated carbocycles. The third kappa shape index (κ3) is 1.82. The van der Waals surface area contributed by atoms with Gasteiger partial charge < -0.3 is 15.3 Å². The van der Waals surface area contributed by atoms with Gasteiger partial charge in [-0.15, -0.1) is 0 Å². The van der Waals surface area contributed by atoms with E-state index >= 15 is 0 Å². The molecule has 0 radical (unpaired) electrons. The molecule has 0 unspecified atom stereocenters. The van der Waals surface area contributed by atoms with Crippen molar-refractivity contribution in [1.82, 2.24) is 10.2 Å². The first-order valence-corrected chi connectivity index (χ1v) is 3.04. The molecule has 0 aromatic carbocycles. The fraction of sp³-hybridized carbons (Fsp3) is 0.667. The summed E-state index contributed by atoms with van der Waals surface area (Å²) < 4.78 is 0. The van der Waals surface area contributed by atoms with Crippen LogP contribution in [0.25, 0.3) is 0 Å². The molecule has 1 saturated heterocycles. The number of nitrogens with one attached hydrogen (secondary N) is 1. The summed E-state index contributed by atoms with van der Waals surface area (Å²) >= 11 is 0. The summed E-state index contributed by atoms with van der Waals surface area (Å²) in [7, 11) is 0. The molecule has 0 amide bonds. The van der Waals surface area contributed by atoms with Crippen molar-refractivity contribution in [2.24, 2.45) is 0 Å². The van der Waals surface area contributed by atoms with Crippen LogP contribution in [0.4, 0.5) is 0 Å². The van der Waals surface area contributed by atoms with Gasteiger partial charge in [0.05, 0.1) is 6.04 Å². The lowest BCUT2D eigenvalue weighted by atomic mass is 10.4. The molecule has 3 nitrogen and oxygen atoms in total. The second-order valence-electron chi connectivity index (χ2n) is 1.96. The van der Waals surface area contributed by atoms with Crippen molar-refractivity contribution < 1.29 is 5.11 Å². The highest BCUT2D eigenvalue weighted by Crippen LogP contribution is 1.86. The lowest BCUT2D eigenvalue weighted by Gasteiger charge is -2.22. The highest BCUT2D eigenvalue weighted by atomic mass is 16.2. The van der Waals surface area contributed by atoms with Gasteiger partial charge in [-0.25, -0.2) is 0 Å². The number of nitrogens with zero attached hydrogens (tertiary/aromatic N) is 1. The van der Waals surface area contributed by atoms with Crippen LogP contribution in [0.2, 0.25) is 0 Å². The van der Waals surface area contributed by atoms with E-state index in [0.29, 0.717) is 0 Å². The zero-order chi connectivity index (χ0) is 6.53. The lowest BCUT2D eigenvalue weighted by Crippen LogP contribution is -2.40. The molecule has 9 heavy (non-hydrogen) atoms. The van der Waals surface area contributed by atoms with Crippen molar-refractivity contribution in [3.63, 3.8) is 0 Å². The van der Waals surface area contributed by atoms with E-state index in [1.165, 1.54) is 0 Å². The Morgan fingerprint density at radius 3 is 2.56 bits per heavy atom. The number of aliphatic hydroxyl groups is 1. The molecule has 0 aromatic rings. The van der Waals surface area contributed by atoms with Crippen molar-refractivity contribution >= 4 is 0 Å². The summed E-state index contributed by atoms with van der Waals surface area (Å²) in [6.07, 6.45) is 1.89. The summed E-state index contributed by atoms with van der Waals surface area (Å²) in [5.41, 5.74) is 0. The van der Waals surface area contributed by atoms with Gasteiger partial charge in [-0.05, 0) is 0 Å². The molecule has 50 valence electrons. The summed E-state index contributed by atoms with van der Waals surface area (Å²) in [6.45, 7) is 3.75. The molecule has 1 aliphatic rings. The molecule has 1 aliphatic heterocycles. The fourth-order valence-electron chi connectivity index (χ4n) is 0.847. The highest BCUT2D eigenvalue weighted by molar-refractivity contribution is 4.91. The summed E-state index contributed by atoms with van der Waals surface area (Å²) in [5, 5.41) is 11.4. The number of hydrogen-bond donors (Lipinski definition) is 2. The van der Waals surface area contributed by atoms with Crippen molar-refractivity contribution in [3.05, 3.63) is 0 Å². The molecule has 0 aromatic heterocycles. The second kappa shape index (κ2) is 3.21. The van der Waals surface area contributed by atoms with Gasteiger partial charge in [0.15, 0.2) is 0 Å². The molecule has 0 spiro atoms. The van der Waals surface area contributed by atoms with Gasteiger partial charge in [0.2, 0.25) is 0 Å². The first-order chi connectivity index (χ1) is 4.43. The van der Waals surface area contributed by atoms with Crippen LogP contribution in [-0.4, -0.2) is 36.2 Å². The normalized spacial score (nSPS) is 18.4. The average Bonchev–Trinajstić information content (AvgIpc) is 1.91. The van der Waals surface area contributed by atoms with Crippen LogP contribution >= 0.6 is 0 Å². The number of piperazine rings is 1. The minimum atomic E-state index is 0.910. The standard InChI is InChI=1S/C6H10N2O/c9-6-5-8-3-1-7-2-4-8/h7,9H,1-4H2. The Morgan fingerprint density at radius 1 is 1.33 bits per heavy atom. The van der Waals surface area contributed by atoms with Crippen LogP contribution in [0.5, 0.6) is 0 Å². The fourth-order valence-corrected chi connectivity index (χ4v) is 0.847. The molecular weight excluding hydrogens is 116 g/mol. The van der Waals surface area contributed by atoms with Crippen molar-refractivity contribution in [2.75, 3.05) is 26.2 Å². The maximum absolute atomic E-state index is 8.20. The van der Waals surface area contributed by atoms with Crippen molar-refractivity contribution in [3.8, 4) is 12.2 Å². The molecule has 0 atom stereocenters. The smallest absolute Gasteiger partial charge is 0.131 e. The first kappa shape index (κ1) is 6.24. The van der Waals surface area contributed by atoms with Gasteiger partial charge in [-0.3, -0.25) is 0 Å². The summed E-state index contributed by atoms with van der Waals surface area (Å²) in [5.74, 6) is 0. The first-order valence-electron chi connectivity index (χ1n) is 3.04. The summed E-state index contributed by atoms with van der Waals surface area (Å²) in [4.78, 5) is 1.90. The van der Waals surface area contributed by atoms with Gasteiger partial charge in [-0.1, -0.05) is 0 Å². The number of rotatable bonds is 0. The van der Waals surface area contributed by atoms with E-state index in [2.05, 4.69) is 11.4 Å². The molecule has 2 N–H and O–H groups in total. The van der Waals surface area contributed by atoms with Crippen molar-refractivity contribution in [2.45, 2.75) is 0 Å². The maximum Gasteiger partial charge on any atom is 0.131 e. The Morgan fingerprint density at radius 2 is 2.00 bits per heavy atom. The molecule has 0 bridgehead atoms. The lowest BCUT2D eigenvalue weighted by molar-refractivity contribution is 0.337. The Kier molecular flexibility index (Phi) is 2.22. The van der Waals surface area contributed by atoms with Gasteiger partial charge in [0, 0.05) is 26.2 Å². The predicted octanol–water partition coefficient (Wildman–Crippen LogP) is -0.818. The zero-order valence-electron chi connectivity index (χ0n) is 5.22. The molecule has 3 heteroatoms. The Balaban J connectivity index is 2.28. The second-order valence-corrected chi connectivity index (χ2v) is 1.96. The quantitative estimate of drug-likeness (QED) is 0.416. The average molecular weight is 126 g/mol. The minimum Gasteiger partial charge on any atom is -0.461 e. The van der Waals surface area contributed by atoms with Gasteiger partial charge in [-0.2, -0.15) is 0 Å². The Labute approximate surface area is 54.7 Å². The molecule has 1 rings (SSSR count). The third-order valence-corrected chi connectivity index (χ3v) is 1.33. The van der Waals surface area contributed by atoms with Gasteiger partial charge in [0.1, 0.15) is 6.11 Å². The van der Waals surface area contributed by atoms with E-state index < -0.39 is 0 Å². The Bertz CT molecular complexity index is 130. The van der Waals surface area contributed by atoms with Crippen LogP contribution < -0.4 is 5.32 Å². The van der Waals surface area contributed by atoms with Crippen LogP contribution in [0.15, 0.2) is 0 Å². The third-order valence-electron chi connectivity index (χ3n) is 1.33. The van der Waals surface area contributed by atoms with Crippen LogP contribution in [0.1, 0.15) is 0 Å². The zero-order valence-corrected chi connectivity index (χ0v) is 5.22. The van der Waals surface area contributed by atoms with Gasteiger partial charge >= 0.3 is 0 Å². The molecule has 1 fully saturated rings. The van der Waals surface area contributed by atoms with E-state index in [-0.39, 0.29) is 0 Å². The van der Waals surface area contributed by atoms with Crippen LogP contribution in [-0.2, 0) is 0 Å². The maximum atomic E-state index is 8.20. The molecule has 0 aliphatic carbocycles. The largest absolute Gasteiger partial charge is 0.461 e. The number of aliphatic hydroxyl groups excluding tert-OH is 1. The SMILES string of the molecule is OC#CN1CCNCC1. The van der Waals surface area contributed by atoms with E-state index in [4.69, 9.17) is 5.11 Å². The van der Waals surface area contributed by atoms with Gasteiger partial charge in [0.25, 0.3) is 0 Å². The highest BCUT2D eigenvalue weighted by Gasteiger charge is 2.03. The van der Waals surface area contributed by atoms with E-state index in [1.807, 2.05) is 11.0 Å². The molecular formula is C6H10N2O. The Hall–Kier alpha value is -0.880. The molecule has 1 heterocycles. The summed E-state index contributed by atoms with van der Waals surface area (Å²) in [6, 6.07) is 2.58. The monoisotopic (exact) mass is 126 g/mol. The van der Waals surface area contributed by atoms with Crippen molar-refractivity contribution in [1.29, 1.82) is 0 Å². The van der Waals surface area contributed by atoms with Crippen LogP contribution in [0, 0.1) is 12.2 Å². The topological polar surface area (TPSA) is 35.5 Å². The van der Waals surface area contributed by atoms with E-state index in [9.17, 15) is 0 Å².